The van der Waals surface area contributed by atoms with Crippen LogP contribution in [0.4, 0.5) is 5.69 Å². The van der Waals surface area contributed by atoms with E-state index in [9.17, 15) is 14.4 Å². The van der Waals surface area contributed by atoms with Gasteiger partial charge >= 0.3 is 5.69 Å². The first kappa shape index (κ1) is 19.8. The lowest BCUT2D eigenvalue weighted by Crippen LogP contribution is -2.37. The van der Waals surface area contributed by atoms with Gasteiger partial charge in [0.15, 0.2) is 11.2 Å². The molecule has 154 valence electrons. The van der Waals surface area contributed by atoms with E-state index in [0.717, 1.165) is 20.8 Å². The summed E-state index contributed by atoms with van der Waals surface area (Å²) in [5, 5.41) is 5.73. The molecule has 3 aromatic heterocycles. The molecule has 9 nitrogen and oxygen atoms in total. The lowest BCUT2D eigenvalue weighted by atomic mass is 10.2. The molecule has 0 aliphatic heterocycles. The molecule has 0 spiro atoms. The van der Waals surface area contributed by atoms with Gasteiger partial charge in [0.25, 0.3) is 5.56 Å². The van der Waals surface area contributed by atoms with Gasteiger partial charge < -0.3 is 9.88 Å². The highest BCUT2D eigenvalue weighted by atomic mass is 32.1. The highest BCUT2D eigenvalue weighted by Gasteiger charge is 2.14. The molecule has 0 bridgehead atoms. The van der Waals surface area contributed by atoms with Crippen molar-refractivity contribution in [1.82, 2.24) is 23.7 Å². The van der Waals surface area contributed by atoms with Gasteiger partial charge in [0.1, 0.15) is 5.01 Å². The van der Waals surface area contributed by atoms with E-state index in [-0.39, 0.29) is 5.91 Å². The van der Waals surface area contributed by atoms with Crippen LogP contribution in [-0.2, 0) is 25.4 Å². The van der Waals surface area contributed by atoms with E-state index in [4.69, 9.17) is 0 Å². The van der Waals surface area contributed by atoms with Gasteiger partial charge in [-0.05, 0) is 30.7 Å². The Bertz CT molecular complexity index is 1320. The molecule has 1 aromatic carbocycles. The summed E-state index contributed by atoms with van der Waals surface area (Å²) in [6, 6.07) is 7.54. The normalized spacial score (nSPS) is 11.1. The fraction of sp³-hybridized carbons (Fsp3) is 0.250. The quantitative estimate of drug-likeness (QED) is 0.510. The fourth-order valence-electron chi connectivity index (χ4n) is 3.26. The Morgan fingerprint density at radius 2 is 1.87 bits per heavy atom. The van der Waals surface area contributed by atoms with Crippen molar-refractivity contribution in [3.63, 3.8) is 0 Å². The Hall–Kier alpha value is -3.53. The van der Waals surface area contributed by atoms with Crippen molar-refractivity contribution in [1.29, 1.82) is 0 Å². The van der Waals surface area contributed by atoms with E-state index < -0.39 is 11.2 Å². The molecule has 0 saturated heterocycles. The lowest BCUT2D eigenvalue weighted by molar-refractivity contribution is -0.116. The summed E-state index contributed by atoms with van der Waals surface area (Å²) in [6.45, 7) is 0.445. The van der Waals surface area contributed by atoms with Crippen LogP contribution in [-0.4, -0.2) is 29.6 Å². The van der Waals surface area contributed by atoms with Crippen molar-refractivity contribution in [3.05, 3.63) is 63.0 Å². The van der Waals surface area contributed by atoms with Gasteiger partial charge in [-0.25, -0.2) is 14.8 Å². The highest BCUT2D eigenvalue weighted by Crippen LogP contribution is 2.23. The van der Waals surface area contributed by atoms with Crippen LogP contribution >= 0.6 is 11.3 Å². The summed E-state index contributed by atoms with van der Waals surface area (Å²) < 4.78 is 4.09. The first-order valence-corrected chi connectivity index (χ1v) is 10.2. The van der Waals surface area contributed by atoms with E-state index in [1.165, 1.54) is 17.9 Å². The molecule has 0 fully saturated rings. The smallest absolute Gasteiger partial charge is 0.326 e. The zero-order chi connectivity index (χ0) is 21.3. The van der Waals surface area contributed by atoms with E-state index in [1.54, 1.807) is 29.1 Å². The molecule has 1 N–H and O–H groups in total. The Kier molecular flexibility index (Phi) is 5.32. The number of hydrogen-bond acceptors (Lipinski definition) is 6. The molecule has 10 heteroatoms. The van der Waals surface area contributed by atoms with Gasteiger partial charge in [-0.2, -0.15) is 0 Å². The molecule has 0 atom stereocenters. The summed E-state index contributed by atoms with van der Waals surface area (Å²) in [7, 11) is 3.02. The first-order valence-electron chi connectivity index (χ1n) is 9.36. The van der Waals surface area contributed by atoms with Crippen molar-refractivity contribution in [3.8, 4) is 10.6 Å². The van der Waals surface area contributed by atoms with Gasteiger partial charge in [0.05, 0.1) is 6.33 Å². The number of aryl methyl sites for hydroxylation is 2. The van der Waals surface area contributed by atoms with Crippen LogP contribution < -0.4 is 16.6 Å². The molecule has 3 heterocycles. The third-order valence-corrected chi connectivity index (χ3v) is 5.69. The molecule has 1 amide bonds. The minimum Gasteiger partial charge on any atom is -0.326 e. The third-order valence-electron chi connectivity index (χ3n) is 4.87. The van der Waals surface area contributed by atoms with Gasteiger partial charge in [-0.15, -0.1) is 11.3 Å². The standard InChI is InChI=1S/C20H20N6O3S/c1-24-17-16(19(28)25(2)20(24)29)26(12-22-17)10-3-4-15(27)23-14-7-5-13(6-8-14)18-21-9-11-30-18/h5-9,11-12H,3-4,10H2,1-2H3,(H,23,27). The summed E-state index contributed by atoms with van der Waals surface area (Å²) in [5.41, 5.74) is 1.61. The second kappa shape index (κ2) is 8.07. The van der Waals surface area contributed by atoms with Crippen LogP contribution in [0.25, 0.3) is 21.7 Å². The van der Waals surface area contributed by atoms with Gasteiger partial charge in [0, 0.05) is 49.9 Å². The number of nitrogens with zero attached hydrogens (tertiary/aromatic N) is 5. The van der Waals surface area contributed by atoms with E-state index in [1.807, 2.05) is 29.6 Å². The van der Waals surface area contributed by atoms with Crippen molar-refractivity contribution in [2.75, 3.05) is 5.32 Å². The number of rotatable bonds is 6. The summed E-state index contributed by atoms with van der Waals surface area (Å²) in [4.78, 5) is 45.2. The number of amides is 1. The molecule has 30 heavy (non-hydrogen) atoms. The number of imidazole rings is 1. The number of carbonyl (C=O) groups is 1. The number of carbonyl (C=O) groups excluding carboxylic acids is 1. The van der Waals surface area contributed by atoms with Crippen LogP contribution in [0, 0.1) is 0 Å². The minimum atomic E-state index is -0.419. The maximum atomic E-state index is 12.4. The SMILES string of the molecule is Cn1c(=O)c2c(ncn2CCCC(=O)Nc2ccc(-c3nccs3)cc2)n(C)c1=O. The van der Waals surface area contributed by atoms with Crippen molar-refractivity contribution >= 4 is 34.1 Å². The van der Waals surface area contributed by atoms with Crippen molar-refractivity contribution < 1.29 is 4.79 Å². The topological polar surface area (TPSA) is 104 Å². The number of nitrogens with one attached hydrogen (secondary N) is 1. The van der Waals surface area contributed by atoms with Crippen molar-refractivity contribution in [2.24, 2.45) is 14.1 Å². The number of aromatic nitrogens is 5. The number of benzene rings is 1. The van der Waals surface area contributed by atoms with E-state index >= 15 is 0 Å². The third kappa shape index (κ3) is 3.69. The molecule has 0 unspecified atom stereocenters. The second-order valence-electron chi connectivity index (χ2n) is 6.88. The Labute approximate surface area is 175 Å². The van der Waals surface area contributed by atoms with E-state index in [2.05, 4.69) is 15.3 Å². The van der Waals surface area contributed by atoms with Crippen LogP contribution in [0.15, 0.2) is 51.8 Å². The number of anilines is 1. The zero-order valence-electron chi connectivity index (χ0n) is 16.5. The fourth-order valence-corrected chi connectivity index (χ4v) is 3.91. The number of fused-ring (bicyclic) bond motifs is 1. The highest BCUT2D eigenvalue weighted by molar-refractivity contribution is 7.13. The predicted octanol–water partition coefficient (Wildman–Crippen LogP) is 1.98. The predicted molar refractivity (Wildman–Crippen MR) is 116 cm³/mol. The first-order chi connectivity index (χ1) is 14.5. The average molecular weight is 424 g/mol. The van der Waals surface area contributed by atoms with Gasteiger partial charge in [-0.3, -0.25) is 18.7 Å². The monoisotopic (exact) mass is 424 g/mol. The van der Waals surface area contributed by atoms with Gasteiger partial charge in [0.2, 0.25) is 5.91 Å². The maximum Gasteiger partial charge on any atom is 0.332 e. The lowest BCUT2D eigenvalue weighted by Gasteiger charge is -2.08. The molecule has 0 radical (unpaired) electrons. The largest absolute Gasteiger partial charge is 0.332 e. The molecular weight excluding hydrogens is 404 g/mol. The van der Waals surface area contributed by atoms with Crippen molar-refractivity contribution in [2.45, 2.75) is 19.4 Å². The maximum absolute atomic E-state index is 12.4. The Balaban J connectivity index is 1.38. The minimum absolute atomic E-state index is 0.110. The number of hydrogen-bond donors (Lipinski definition) is 1. The molecular formula is C20H20N6O3S. The molecule has 4 aromatic rings. The van der Waals surface area contributed by atoms with Crippen LogP contribution in [0.5, 0.6) is 0 Å². The van der Waals surface area contributed by atoms with Crippen LogP contribution in [0.1, 0.15) is 12.8 Å². The second-order valence-corrected chi connectivity index (χ2v) is 7.78. The molecule has 0 aliphatic rings. The summed E-state index contributed by atoms with van der Waals surface area (Å²) in [6.07, 6.45) is 4.11. The molecule has 4 rings (SSSR count). The van der Waals surface area contributed by atoms with Crippen LogP contribution in [0.3, 0.4) is 0 Å². The summed E-state index contributed by atoms with van der Waals surface area (Å²) in [5.74, 6) is -0.110. The van der Waals surface area contributed by atoms with Crippen LogP contribution in [0.2, 0.25) is 0 Å². The van der Waals surface area contributed by atoms with E-state index in [0.29, 0.717) is 30.6 Å². The zero-order valence-corrected chi connectivity index (χ0v) is 17.3. The van der Waals surface area contributed by atoms with Gasteiger partial charge in [-0.1, -0.05) is 0 Å². The molecule has 0 aliphatic carbocycles. The summed E-state index contributed by atoms with van der Waals surface area (Å²) >= 11 is 1.56. The Morgan fingerprint density at radius 1 is 1.10 bits per heavy atom. The average Bonchev–Trinajstić information content (AvgIpc) is 3.42. The molecule has 0 saturated carbocycles. The number of thiazole rings is 1. The Morgan fingerprint density at radius 3 is 2.57 bits per heavy atom.